The maximum atomic E-state index is 12.9. The molecule has 2 aromatic carbocycles. The summed E-state index contributed by atoms with van der Waals surface area (Å²) in [6.07, 6.45) is 2.54. The predicted molar refractivity (Wildman–Crippen MR) is 128 cm³/mol. The Morgan fingerprint density at radius 3 is 2.27 bits per heavy atom. The number of aryl methyl sites for hydroxylation is 1. The smallest absolute Gasteiger partial charge is 0.317 e. The van der Waals surface area contributed by atoms with Gasteiger partial charge in [0.1, 0.15) is 5.75 Å². The van der Waals surface area contributed by atoms with Crippen molar-refractivity contribution in [2.75, 3.05) is 46.4 Å². The van der Waals surface area contributed by atoms with Crippen LogP contribution in [0.2, 0.25) is 0 Å². The Labute approximate surface area is 196 Å². The Hall–Kier alpha value is -3.06. The second-order valence-electron chi connectivity index (χ2n) is 8.87. The number of hydrogen-bond acceptors (Lipinski definition) is 4. The highest BCUT2D eigenvalue weighted by atomic mass is 16.5. The van der Waals surface area contributed by atoms with E-state index in [9.17, 15) is 9.59 Å². The van der Waals surface area contributed by atoms with Crippen LogP contribution in [0.3, 0.4) is 0 Å². The lowest BCUT2D eigenvalue weighted by Gasteiger charge is -2.35. The summed E-state index contributed by atoms with van der Waals surface area (Å²) in [6.45, 7) is 7.81. The fourth-order valence-electron chi connectivity index (χ4n) is 4.60. The van der Waals surface area contributed by atoms with E-state index in [-0.39, 0.29) is 11.9 Å². The molecule has 0 radical (unpaired) electrons. The highest BCUT2D eigenvalue weighted by molar-refractivity contribution is 5.95. The molecule has 7 heteroatoms. The first-order valence-electron chi connectivity index (χ1n) is 11.8. The van der Waals surface area contributed by atoms with Gasteiger partial charge in [0.25, 0.3) is 5.91 Å². The van der Waals surface area contributed by atoms with Crippen LogP contribution < -0.4 is 10.1 Å². The zero-order chi connectivity index (χ0) is 23.2. The zero-order valence-electron chi connectivity index (χ0n) is 19.7. The van der Waals surface area contributed by atoms with Crippen LogP contribution in [0.25, 0.3) is 0 Å². The number of hydrogen-bond donors (Lipinski definition) is 1. The number of urea groups is 1. The van der Waals surface area contributed by atoms with Crippen LogP contribution in [0.5, 0.6) is 5.75 Å². The molecule has 0 aliphatic carbocycles. The van der Waals surface area contributed by atoms with Crippen molar-refractivity contribution in [2.45, 2.75) is 32.9 Å². The summed E-state index contributed by atoms with van der Waals surface area (Å²) in [4.78, 5) is 31.7. The van der Waals surface area contributed by atoms with Gasteiger partial charge in [0.2, 0.25) is 0 Å². The number of amides is 3. The highest BCUT2D eigenvalue weighted by Gasteiger charge is 2.25. The molecule has 2 aliphatic heterocycles. The van der Waals surface area contributed by atoms with Crippen molar-refractivity contribution in [3.05, 3.63) is 64.7 Å². The fourth-order valence-corrected chi connectivity index (χ4v) is 4.60. The Bertz CT molecular complexity index is 979. The van der Waals surface area contributed by atoms with E-state index >= 15 is 0 Å². The minimum atomic E-state index is -0.0740. The lowest BCUT2D eigenvalue weighted by Crippen LogP contribution is -2.53. The quantitative estimate of drug-likeness (QED) is 0.734. The molecule has 0 saturated carbocycles. The highest BCUT2D eigenvalue weighted by Crippen LogP contribution is 2.21. The van der Waals surface area contributed by atoms with Crippen molar-refractivity contribution >= 4 is 11.9 Å². The van der Waals surface area contributed by atoms with E-state index in [0.717, 1.165) is 25.2 Å². The number of methoxy groups -OCH3 is 1. The van der Waals surface area contributed by atoms with Gasteiger partial charge in [-0.25, -0.2) is 4.79 Å². The first kappa shape index (κ1) is 23.1. The van der Waals surface area contributed by atoms with Crippen LogP contribution in [0.4, 0.5) is 4.79 Å². The number of piperazine rings is 1. The molecule has 0 spiro atoms. The molecule has 0 bridgehead atoms. The molecule has 2 fully saturated rings. The molecule has 176 valence electrons. The largest absolute Gasteiger partial charge is 0.496 e. The normalized spacial score (nSPS) is 16.7. The van der Waals surface area contributed by atoms with Gasteiger partial charge in [0.15, 0.2) is 0 Å². The van der Waals surface area contributed by atoms with Gasteiger partial charge < -0.3 is 19.9 Å². The molecule has 2 heterocycles. The van der Waals surface area contributed by atoms with E-state index in [0.29, 0.717) is 44.0 Å². The first-order chi connectivity index (χ1) is 16.0. The SMILES string of the molecule is COc1cc(C(=O)N2CCN(C(=O)NCc3ccccc3CN3CCCC3)CC2)ccc1C. The molecular weight excluding hydrogens is 416 g/mol. The van der Waals surface area contributed by atoms with Gasteiger partial charge in [-0.1, -0.05) is 30.3 Å². The maximum Gasteiger partial charge on any atom is 0.317 e. The standard InChI is InChI=1S/C26H34N4O3/c1-20-9-10-21(17-24(20)33-2)25(31)29-13-15-30(16-14-29)26(32)27-18-22-7-3-4-8-23(22)19-28-11-5-6-12-28/h3-4,7-10,17H,5-6,11-16,18-19H2,1-2H3,(H,27,32). The molecule has 2 saturated heterocycles. The zero-order valence-corrected chi connectivity index (χ0v) is 19.7. The van der Waals surface area contributed by atoms with Gasteiger partial charge in [-0.3, -0.25) is 9.69 Å². The number of nitrogens with zero attached hydrogens (tertiary/aromatic N) is 3. The average Bonchev–Trinajstić information content (AvgIpc) is 3.36. The van der Waals surface area contributed by atoms with Gasteiger partial charge >= 0.3 is 6.03 Å². The van der Waals surface area contributed by atoms with Gasteiger partial charge in [-0.15, -0.1) is 0 Å². The Kier molecular flexibility index (Phi) is 7.50. The molecule has 2 aromatic rings. The number of carbonyl (C=O) groups is 2. The van der Waals surface area contributed by atoms with Crippen molar-refractivity contribution in [3.63, 3.8) is 0 Å². The summed E-state index contributed by atoms with van der Waals surface area (Å²) in [7, 11) is 1.61. The third kappa shape index (κ3) is 5.66. The number of nitrogens with one attached hydrogen (secondary N) is 1. The Morgan fingerprint density at radius 1 is 0.909 bits per heavy atom. The lowest BCUT2D eigenvalue weighted by atomic mass is 10.1. The van der Waals surface area contributed by atoms with Crippen LogP contribution in [0, 0.1) is 6.92 Å². The van der Waals surface area contributed by atoms with E-state index in [4.69, 9.17) is 4.74 Å². The summed E-state index contributed by atoms with van der Waals surface area (Å²) in [6, 6.07) is 13.8. The minimum Gasteiger partial charge on any atom is -0.496 e. The molecule has 4 rings (SSSR count). The van der Waals surface area contributed by atoms with Crippen LogP contribution in [-0.2, 0) is 13.1 Å². The number of ether oxygens (including phenoxy) is 1. The monoisotopic (exact) mass is 450 g/mol. The Morgan fingerprint density at radius 2 is 1.58 bits per heavy atom. The summed E-state index contributed by atoms with van der Waals surface area (Å²) in [5, 5.41) is 3.08. The van der Waals surface area contributed by atoms with E-state index in [1.54, 1.807) is 23.0 Å². The number of likely N-dealkylation sites (tertiary alicyclic amines) is 1. The molecule has 0 atom stereocenters. The average molecular weight is 451 g/mol. The Balaban J connectivity index is 1.28. The van der Waals surface area contributed by atoms with Gasteiger partial charge in [-0.2, -0.15) is 0 Å². The van der Waals surface area contributed by atoms with Crippen LogP contribution in [0.15, 0.2) is 42.5 Å². The molecule has 2 aliphatic rings. The molecule has 0 unspecified atom stereocenters. The van der Waals surface area contributed by atoms with Crippen LogP contribution in [-0.4, -0.2) is 73.0 Å². The second-order valence-corrected chi connectivity index (χ2v) is 8.87. The van der Waals surface area contributed by atoms with Crippen molar-refractivity contribution in [2.24, 2.45) is 0 Å². The summed E-state index contributed by atoms with van der Waals surface area (Å²) >= 11 is 0. The predicted octanol–water partition coefficient (Wildman–Crippen LogP) is 3.27. The summed E-state index contributed by atoms with van der Waals surface area (Å²) in [5.41, 5.74) is 4.06. The molecule has 33 heavy (non-hydrogen) atoms. The first-order valence-corrected chi connectivity index (χ1v) is 11.8. The molecule has 3 amide bonds. The van der Waals surface area contributed by atoms with Gasteiger partial charge in [0, 0.05) is 44.8 Å². The van der Waals surface area contributed by atoms with Crippen molar-refractivity contribution in [1.82, 2.24) is 20.0 Å². The second kappa shape index (κ2) is 10.7. The molecule has 7 nitrogen and oxygen atoms in total. The van der Waals surface area contributed by atoms with Crippen LogP contribution >= 0.6 is 0 Å². The number of rotatable bonds is 6. The van der Waals surface area contributed by atoms with E-state index in [1.807, 2.05) is 25.1 Å². The van der Waals surface area contributed by atoms with E-state index in [1.165, 1.54) is 24.0 Å². The van der Waals surface area contributed by atoms with E-state index < -0.39 is 0 Å². The minimum absolute atomic E-state index is 0.0239. The van der Waals surface area contributed by atoms with E-state index in [2.05, 4.69) is 28.4 Å². The summed E-state index contributed by atoms with van der Waals surface area (Å²) in [5.74, 6) is 0.688. The van der Waals surface area contributed by atoms with Crippen molar-refractivity contribution < 1.29 is 14.3 Å². The molecule has 1 N–H and O–H groups in total. The van der Waals surface area contributed by atoms with Crippen LogP contribution in [0.1, 0.15) is 39.9 Å². The molecular formula is C26H34N4O3. The third-order valence-electron chi connectivity index (χ3n) is 6.65. The number of carbonyl (C=O) groups excluding carboxylic acids is 2. The van der Waals surface area contributed by atoms with Crippen molar-refractivity contribution in [1.29, 1.82) is 0 Å². The fraction of sp³-hybridized carbons (Fsp3) is 0.462. The topological polar surface area (TPSA) is 65.1 Å². The third-order valence-corrected chi connectivity index (χ3v) is 6.65. The maximum absolute atomic E-state index is 12.9. The van der Waals surface area contributed by atoms with Gasteiger partial charge in [-0.05, 0) is 61.7 Å². The van der Waals surface area contributed by atoms with Gasteiger partial charge in [0.05, 0.1) is 7.11 Å². The summed E-state index contributed by atoms with van der Waals surface area (Å²) < 4.78 is 5.35. The van der Waals surface area contributed by atoms with Crippen molar-refractivity contribution in [3.8, 4) is 5.75 Å². The lowest BCUT2D eigenvalue weighted by molar-refractivity contribution is 0.0664. The molecule has 0 aromatic heterocycles. The number of benzene rings is 2.